The summed E-state index contributed by atoms with van der Waals surface area (Å²) in [5.41, 5.74) is 0. The molecular formula is C6H13B2N3S. The maximum Gasteiger partial charge on any atom is 0.182 e. The van der Waals surface area contributed by atoms with Crippen LogP contribution in [0.15, 0.2) is 0 Å². The second-order valence-corrected chi connectivity index (χ2v) is 3.59. The topological polar surface area (TPSA) is 9.72 Å². The van der Waals surface area contributed by atoms with Crippen LogP contribution in [0.4, 0.5) is 0 Å². The van der Waals surface area contributed by atoms with E-state index in [1.165, 1.54) is 0 Å². The summed E-state index contributed by atoms with van der Waals surface area (Å²) in [6, 6.07) is 0. The highest BCUT2D eigenvalue weighted by Crippen LogP contribution is 1.97. The second kappa shape index (κ2) is 5.17. The van der Waals surface area contributed by atoms with Gasteiger partial charge in [-0.3, -0.25) is 4.31 Å². The molecule has 12 heavy (non-hydrogen) atoms. The van der Waals surface area contributed by atoms with Crippen molar-refractivity contribution in [1.82, 2.24) is 13.9 Å². The van der Waals surface area contributed by atoms with Gasteiger partial charge in [-0.15, -0.1) is 0 Å². The van der Waals surface area contributed by atoms with E-state index in [1.807, 2.05) is 4.31 Å². The van der Waals surface area contributed by atoms with Crippen LogP contribution >= 0.6 is 12.8 Å². The summed E-state index contributed by atoms with van der Waals surface area (Å²) in [4.78, 5) is 3.54. The molecule has 0 spiro atoms. The minimum atomic E-state index is 0.818. The molecule has 1 rings (SSSR count). The number of hydrogen-bond acceptors (Lipinski definition) is 4. The smallest absolute Gasteiger partial charge is 0.182 e. The van der Waals surface area contributed by atoms with Crippen molar-refractivity contribution >= 4 is 28.8 Å². The molecule has 4 radical (unpaired) electrons. The molecule has 0 aromatic heterocycles. The average molecular weight is 181 g/mol. The van der Waals surface area contributed by atoms with E-state index >= 15 is 0 Å². The number of hydrogen-bond donors (Lipinski definition) is 1. The normalized spacial score (nSPS) is 26.1. The second-order valence-electron chi connectivity index (χ2n) is 3.03. The molecule has 0 aliphatic carbocycles. The molecule has 0 N–H and O–H groups in total. The third kappa shape index (κ3) is 3.85. The van der Waals surface area contributed by atoms with Crippen molar-refractivity contribution < 1.29 is 0 Å². The Labute approximate surface area is 82.5 Å². The van der Waals surface area contributed by atoms with Crippen molar-refractivity contribution in [2.45, 2.75) is 0 Å². The lowest BCUT2D eigenvalue weighted by Crippen LogP contribution is -2.33. The van der Waals surface area contributed by atoms with Crippen molar-refractivity contribution in [2.24, 2.45) is 0 Å². The Morgan fingerprint density at radius 2 is 1.08 bits per heavy atom. The Balaban J connectivity index is 2.36. The van der Waals surface area contributed by atoms with Crippen molar-refractivity contribution in [1.29, 1.82) is 0 Å². The van der Waals surface area contributed by atoms with Crippen LogP contribution in [0.3, 0.4) is 0 Å². The van der Waals surface area contributed by atoms with Crippen LogP contribution in [-0.4, -0.2) is 69.2 Å². The molecule has 3 nitrogen and oxygen atoms in total. The Kier molecular flexibility index (Phi) is 4.50. The van der Waals surface area contributed by atoms with Gasteiger partial charge in [-0.05, 0) is 13.1 Å². The van der Waals surface area contributed by atoms with Crippen molar-refractivity contribution in [3.63, 3.8) is 0 Å². The first-order valence-corrected chi connectivity index (χ1v) is 4.51. The number of thiol groups is 1. The molecule has 1 heterocycles. The molecule has 1 fully saturated rings. The van der Waals surface area contributed by atoms with E-state index in [9.17, 15) is 0 Å². The zero-order valence-electron chi connectivity index (χ0n) is 7.19. The van der Waals surface area contributed by atoms with E-state index in [-0.39, 0.29) is 0 Å². The van der Waals surface area contributed by atoms with Gasteiger partial charge in [-0.25, -0.2) is 0 Å². The minimum absolute atomic E-state index is 0.818. The zero-order valence-corrected chi connectivity index (χ0v) is 8.08. The van der Waals surface area contributed by atoms with E-state index in [0.29, 0.717) is 0 Å². The van der Waals surface area contributed by atoms with Gasteiger partial charge in [0.15, 0.2) is 16.0 Å². The summed E-state index contributed by atoms with van der Waals surface area (Å²) < 4.78 is 1.94. The van der Waals surface area contributed by atoms with Gasteiger partial charge < -0.3 is 9.62 Å². The summed E-state index contributed by atoms with van der Waals surface area (Å²) >= 11 is 4.28. The van der Waals surface area contributed by atoms with Gasteiger partial charge in [-0.2, -0.15) is 0 Å². The van der Waals surface area contributed by atoms with Gasteiger partial charge in [0.25, 0.3) is 0 Å². The monoisotopic (exact) mass is 181 g/mol. The predicted molar refractivity (Wildman–Crippen MR) is 55.2 cm³/mol. The Hall–Kier alpha value is 0.360. The Morgan fingerprint density at radius 3 is 1.50 bits per heavy atom. The van der Waals surface area contributed by atoms with E-state index in [2.05, 4.69) is 12.8 Å². The first-order valence-electron chi connectivity index (χ1n) is 4.11. The van der Waals surface area contributed by atoms with Gasteiger partial charge in [0, 0.05) is 26.2 Å². The fourth-order valence-electron chi connectivity index (χ4n) is 1.08. The number of nitrogens with zero attached hydrogens (tertiary/aromatic N) is 3. The van der Waals surface area contributed by atoms with Gasteiger partial charge in [0.05, 0.1) is 0 Å². The Morgan fingerprint density at radius 1 is 0.750 bits per heavy atom. The van der Waals surface area contributed by atoms with E-state index in [0.717, 1.165) is 39.3 Å². The molecule has 1 aliphatic heterocycles. The SMILES string of the molecule is [B]N1CCN([B])CCN(S)CC1. The van der Waals surface area contributed by atoms with Crippen LogP contribution in [0, 0.1) is 0 Å². The summed E-state index contributed by atoms with van der Waals surface area (Å²) in [6.07, 6.45) is 0. The molecule has 0 unspecified atom stereocenters. The molecule has 0 saturated carbocycles. The van der Waals surface area contributed by atoms with Crippen molar-refractivity contribution in [3.8, 4) is 0 Å². The average Bonchev–Trinajstić information content (AvgIpc) is 2.11. The van der Waals surface area contributed by atoms with Crippen LogP contribution in [0.2, 0.25) is 0 Å². The maximum absolute atomic E-state index is 5.69. The van der Waals surface area contributed by atoms with Crippen LogP contribution in [0.5, 0.6) is 0 Å². The lowest BCUT2D eigenvalue weighted by molar-refractivity contribution is 0.398. The molecule has 6 heteroatoms. The zero-order chi connectivity index (χ0) is 8.97. The summed E-state index contributed by atoms with van der Waals surface area (Å²) in [5, 5.41) is 0. The molecular weight excluding hydrogens is 168 g/mol. The van der Waals surface area contributed by atoms with Gasteiger partial charge in [-0.1, -0.05) is 12.8 Å². The number of rotatable bonds is 0. The van der Waals surface area contributed by atoms with Crippen molar-refractivity contribution in [2.75, 3.05) is 39.3 Å². The molecule has 0 atom stereocenters. The van der Waals surface area contributed by atoms with Crippen LogP contribution in [0.25, 0.3) is 0 Å². The standard InChI is InChI=1S/C6H13B2N3S/c7-9-1-2-10(8)4-6-11(12)5-3-9/h12H,1-6H2. The maximum atomic E-state index is 5.69. The first kappa shape index (κ1) is 10.4. The van der Waals surface area contributed by atoms with Crippen LogP contribution in [0.1, 0.15) is 0 Å². The summed E-state index contributed by atoms with van der Waals surface area (Å²) in [6.45, 7) is 5.09. The molecule has 0 bridgehead atoms. The molecule has 0 aromatic carbocycles. The molecule has 0 aromatic rings. The van der Waals surface area contributed by atoms with E-state index in [1.54, 1.807) is 9.62 Å². The fraction of sp³-hybridized carbons (Fsp3) is 1.00. The van der Waals surface area contributed by atoms with Crippen molar-refractivity contribution in [3.05, 3.63) is 0 Å². The van der Waals surface area contributed by atoms with E-state index < -0.39 is 0 Å². The fourth-order valence-corrected chi connectivity index (χ4v) is 1.26. The molecule has 1 saturated heterocycles. The third-order valence-corrected chi connectivity index (χ3v) is 2.37. The van der Waals surface area contributed by atoms with Gasteiger partial charge in [0.2, 0.25) is 0 Å². The molecule has 0 amide bonds. The highest BCUT2D eigenvalue weighted by Gasteiger charge is 2.08. The lowest BCUT2D eigenvalue weighted by atomic mass is 10.2. The molecule has 64 valence electrons. The highest BCUT2D eigenvalue weighted by atomic mass is 32.1. The minimum Gasteiger partial charge on any atom is -0.351 e. The largest absolute Gasteiger partial charge is 0.351 e. The van der Waals surface area contributed by atoms with E-state index in [4.69, 9.17) is 16.0 Å². The van der Waals surface area contributed by atoms with Gasteiger partial charge in [0.1, 0.15) is 0 Å². The molecule has 1 aliphatic rings. The Bertz CT molecular complexity index is 102. The lowest BCUT2D eigenvalue weighted by Gasteiger charge is -2.19. The predicted octanol–water partition coefficient (Wildman–Crippen LogP) is -1.08. The quantitative estimate of drug-likeness (QED) is 0.376. The summed E-state index contributed by atoms with van der Waals surface area (Å²) in [7, 11) is 11.4. The highest BCUT2D eigenvalue weighted by molar-refractivity contribution is 7.77. The third-order valence-electron chi connectivity index (χ3n) is 1.97. The first-order chi connectivity index (χ1) is 5.68. The van der Waals surface area contributed by atoms with Crippen LogP contribution < -0.4 is 0 Å². The van der Waals surface area contributed by atoms with Gasteiger partial charge >= 0.3 is 0 Å². The van der Waals surface area contributed by atoms with Crippen LogP contribution in [-0.2, 0) is 0 Å². The summed E-state index contributed by atoms with van der Waals surface area (Å²) in [5.74, 6) is 0.